The molecule has 0 aliphatic rings. The number of carbonyl (C=O) groups excluding carboxylic acids is 1. The molecular formula is C26H20ClF6N5O8S2. The largest absolute Gasteiger partial charge is 0.490 e. The SMILES string of the molecule is CC(=O)Nc1nc(C)c(-c2cnc(Cl)c(NS(=O)(=O)c3ccc(Oc4ccccc4)nc3)c2)s1.O=C(O)C(F)(F)F.O=C(O)C(F)(F)F. The Kier molecular flexibility index (Phi) is 13.2. The summed E-state index contributed by atoms with van der Waals surface area (Å²) in [5, 5.41) is 17.3. The van der Waals surface area contributed by atoms with Crippen LogP contribution in [-0.4, -0.2) is 63.8 Å². The van der Waals surface area contributed by atoms with Gasteiger partial charge in [0.15, 0.2) is 10.3 Å². The fourth-order valence-electron chi connectivity index (χ4n) is 2.91. The van der Waals surface area contributed by atoms with Crippen molar-refractivity contribution in [2.24, 2.45) is 0 Å². The number of carboxylic acids is 2. The first-order chi connectivity index (χ1) is 22.1. The van der Waals surface area contributed by atoms with Crippen molar-refractivity contribution in [1.82, 2.24) is 15.0 Å². The fraction of sp³-hybridized carbons (Fsp3) is 0.154. The number of para-hydroxylation sites is 1. The van der Waals surface area contributed by atoms with Crippen LogP contribution in [0.5, 0.6) is 11.6 Å². The second-order valence-corrected chi connectivity index (χ2v) is 11.7. The number of benzene rings is 1. The number of halogens is 7. The quantitative estimate of drug-likeness (QED) is 0.121. The molecule has 1 aromatic carbocycles. The van der Waals surface area contributed by atoms with Gasteiger partial charge in [-0.3, -0.25) is 9.52 Å². The maximum atomic E-state index is 12.9. The van der Waals surface area contributed by atoms with Gasteiger partial charge in [-0.1, -0.05) is 41.1 Å². The Hall–Kier alpha value is -5.02. The molecule has 0 radical (unpaired) electrons. The van der Waals surface area contributed by atoms with Crippen molar-refractivity contribution in [2.45, 2.75) is 31.1 Å². The molecule has 0 unspecified atom stereocenters. The van der Waals surface area contributed by atoms with Crippen LogP contribution in [-0.2, 0) is 24.4 Å². The van der Waals surface area contributed by atoms with Crippen molar-refractivity contribution in [2.75, 3.05) is 10.0 Å². The van der Waals surface area contributed by atoms with Crippen molar-refractivity contribution < 1.29 is 64.1 Å². The van der Waals surface area contributed by atoms with E-state index in [9.17, 15) is 39.6 Å². The molecule has 0 atom stereocenters. The van der Waals surface area contributed by atoms with Gasteiger partial charge in [-0.05, 0) is 31.2 Å². The van der Waals surface area contributed by atoms with E-state index in [-0.39, 0.29) is 27.5 Å². The number of pyridine rings is 2. The van der Waals surface area contributed by atoms with Gasteiger partial charge in [-0.15, -0.1) is 0 Å². The molecule has 13 nitrogen and oxygen atoms in total. The van der Waals surface area contributed by atoms with Crippen LogP contribution in [0.2, 0.25) is 5.15 Å². The monoisotopic (exact) mass is 743 g/mol. The highest BCUT2D eigenvalue weighted by Crippen LogP contribution is 2.35. The maximum Gasteiger partial charge on any atom is 0.490 e. The van der Waals surface area contributed by atoms with E-state index in [4.69, 9.17) is 36.1 Å². The summed E-state index contributed by atoms with van der Waals surface area (Å²) >= 11 is 7.41. The number of nitrogens with zero attached hydrogens (tertiary/aromatic N) is 3. The lowest BCUT2D eigenvalue weighted by molar-refractivity contribution is -0.193. The molecule has 0 spiro atoms. The van der Waals surface area contributed by atoms with E-state index in [1.165, 1.54) is 42.8 Å². The van der Waals surface area contributed by atoms with Crippen LogP contribution < -0.4 is 14.8 Å². The predicted molar refractivity (Wildman–Crippen MR) is 158 cm³/mol. The van der Waals surface area contributed by atoms with Crippen LogP contribution in [0, 0.1) is 6.92 Å². The smallest absolute Gasteiger partial charge is 0.475 e. The van der Waals surface area contributed by atoms with Gasteiger partial charge in [0.25, 0.3) is 10.0 Å². The molecule has 0 fully saturated rings. The van der Waals surface area contributed by atoms with Crippen molar-refractivity contribution in [1.29, 1.82) is 0 Å². The van der Waals surface area contributed by atoms with Crippen LogP contribution in [0.4, 0.5) is 37.2 Å². The van der Waals surface area contributed by atoms with Gasteiger partial charge in [0.05, 0.1) is 22.5 Å². The summed E-state index contributed by atoms with van der Waals surface area (Å²) in [7, 11) is -4.01. The molecule has 4 N–H and O–H groups in total. The number of carboxylic acid groups (broad SMARTS) is 2. The predicted octanol–water partition coefficient (Wildman–Crippen LogP) is 6.38. The number of nitrogens with one attached hydrogen (secondary N) is 2. The summed E-state index contributed by atoms with van der Waals surface area (Å²) in [4.78, 5) is 42.2. The average Bonchev–Trinajstić information content (AvgIpc) is 3.33. The Morgan fingerprint density at radius 1 is 0.917 bits per heavy atom. The van der Waals surface area contributed by atoms with Crippen molar-refractivity contribution in [3.63, 3.8) is 0 Å². The van der Waals surface area contributed by atoms with Crippen LogP contribution in [0.3, 0.4) is 0 Å². The molecule has 0 saturated carbocycles. The molecule has 3 heterocycles. The van der Waals surface area contributed by atoms with E-state index in [2.05, 4.69) is 25.0 Å². The first-order valence-electron chi connectivity index (χ1n) is 12.3. The molecular weight excluding hydrogens is 724 g/mol. The molecule has 0 aliphatic carbocycles. The van der Waals surface area contributed by atoms with Gasteiger partial charge in [0, 0.05) is 24.8 Å². The van der Waals surface area contributed by atoms with Gasteiger partial charge in [0.1, 0.15) is 10.6 Å². The van der Waals surface area contributed by atoms with E-state index >= 15 is 0 Å². The highest BCUT2D eigenvalue weighted by Gasteiger charge is 2.38. The zero-order valence-electron chi connectivity index (χ0n) is 23.9. The third-order valence-electron chi connectivity index (χ3n) is 4.90. The number of hydrogen-bond acceptors (Lipinski definition) is 10. The molecule has 22 heteroatoms. The van der Waals surface area contributed by atoms with E-state index in [1.54, 1.807) is 25.1 Å². The Bertz CT molecular complexity index is 1830. The summed E-state index contributed by atoms with van der Waals surface area (Å²) in [5.74, 6) is -4.92. The lowest BCUT2D eigenvalue weighted by Gasteiger charge is -2.11. The van der Waals surface area contributed by atoms with E-state index < -0.39 is 34.3 Å². The number of aryl methyl sites for hydroxylation is 1. The van der Waals surface area contributed by atoms with Crippen molar-refractivity contribution in [3.8, 4) is 22.1 Å². The van der Waals surface area contributed by atoms with Gasteiger partial charge in [-0.2, -0.15) is 26.3 Å². The Morgan fingerprint density at radius 2 is 1.48 bits per heavy atom. The second kappa shape index (κ2) is 16.2. The summed E-state index contributed by atoms with van der Waals surface area (Å²) in [6.45, 7) is 3.17. The summed E-state index contributed by atoms with van der Waals surface area (Å²) in [6, 6.07) is 13.4. The Labute approximate surface area is 275 Å². The minimum absolute atomic E-state index is 0.0198. The maximum absolute atomic E-state index is 12.9. The van der Waals surface area contributed by atoms with Gasteiger partial charge in [0.2, 0.25) is 11.8 Å². The van der Waals surface area contributed by atoms with Crippen LogP contribution in [0.15, 0.2) is 65.8 Å². The van der Waals surface area contributed by atoms with Crippen molar-refractivity contribution in [3.05, 3.63) is 71.8 Å². The molecule has 0 bridgehead atoms. The number of sulfonamides is 1. The lowest BCUT2D eigenvalue weighted by Crippen LogP contribution is -2.21. The molecule has 3 aromatic heterocycles. The number of carbonyl (C=O) groups is 3. The molecule has 0 aliphatic heterocycles. The first kappa shape index (κ1) is 39.2. The zero-order chi connectivity index (χ0) is 36.4. The van der Waals surface area contributed by atoms with Crippen molar-refractivity contribution >= 4 is 61.6 Å². The first-order valence-corrected chi connectivity index (χ1v) is 15.0. The summed E-state index contributed by atoms with van der Waals surface area (Å²) in [5.41, 5.74) is 1.35. The summed E-state index contributed by atoms with van der Waals surface area (Å²) < 4.78 is 97.4. The number of hydrogen-bond donors (Lipinski definition) is 4. The van der Waals surface area contributed by atoms with Gasteiger partial charge >= 0.3 is 24.3 Å². The minimum Gasteiger partial charge on any atom is -0.475 e. The number of alkyl halides is 6. The van der Waals surface area contributed by atoms with Crippen LogP contribution >= 0.6 is 22.9 Å². The number of rotatable bonds is 7. The Balaban J connectivity index is 0.000000479. The highest BCUT2D eigenvalue weighted by molar-refractivity contribution is 7.92. The standard InChI is InChI=1S/C22H18ClN5O4S2.2C2HF3O2/c1-13-20(33-22(26-13)27-14(2)29)15-10-18(21(23)25-11-15)28-34(30,31)17-8-9-19(24-12-17)32-16-6-4-3-5-7-16;2*3-2(4,5)1(6)7/h3-12,28H,1-2H3,(H,26,27,29);2*(H,6,7). The van der Waals surface area contributed by atoms with Gasteiger partial charge < -0.3 is 20.3 Å². The van der Waals surface area contributed by atoms with E-state index in [1.807, 2.05) is 18.2 Å². The Morgan fingerprint density at radius 3 is 1.96 bits per heavy atom. The molecule has 258 valence electrons. The molecule has 48 heavy (non-hydrogen) atoms. The summed E-state index contributed by atoms with van der Waals surface area (Å²) in [6.07, 6.45) is -7.46. The normalized spacial score (nSPS) is 11.2. The van der Waals surface area contributed by atoms with Gasteiger partial charge in [-0.25, -0.2) is 33.0 Å². The topological polar surface area (TPSA) is 198 Å². The lowest BCUT2D eigenvalue weighted by atomic mass is 10.2. The number of aliphatic carboxylic acids is 2. The third-order valence-corrected chi connectivity index (χ3v) is 7.67. The average molecular weight is 744 g/mol. The van der Waals surface area contributed by atoms with Crippen LogP contribution in [0.25, 0.3) is 10.4 Å². The molecule has 1 amide bonds. The molecule has 4 rings (SSSR count). The minimum atomic E-state index is -5.08. The molecule has 4 aromatic rings. The van der Waals surface area contributed by atoms with Crippen LogP contribution in [0.1, 0.15) is 12.6 Å². The number of aromatic nitrogens is 3. The molecule has 0 saturated heterocycles. The number of thiazole rings is 1. The highest BCUT2D eigenvalue weighted by atomic mass is 35.5. The third kappa shape index (κ3) is 12.3. The van der Waals surface area contributed by atoms with E-state index in [0.717, 1.165) is 4.88 Å². The number of anilines is 2. The zero-order valence-corrected chi connectivity index (χ0v) is 26.3. The fourth-order valence-corrected chi connectivity index (χ4v) is 5.11. The van der Waals surface area contributed by atoms with E-state index in [0.29, 0.717) is 22.1 Å². The second-order valence-electron chi connectivity index (χ2n) is 8.64. The number of amides is 1. The number of ether oxygens (including phenoxy) is 1.